The highest BCUT2D eigenvalue weighted by Crippen LogP contribution is 2.21. The number of hydrogen-bond donors (Lipinski definition) is 1. The first kappa shape index (κ1) is 21.1. The number of aryl methyl sites for hydroxylation is 1. The van der Waals surface area contributed by atoms with Crippen molar-refractivity contribution in [1.82, 2.24) is 0 Å². The van der Waals surface area contributed by atoms with Crippen molar-refractivity contribution in [2.45, 2.75) is 46.0 Å². The van der Waals surface area contributed by atoms with E-state index in [0.717, 1.165) is 17.7 Å². The number of rotatable bonds is 11. The Morgan fingerprint density at radius 3 is 2.48 bits per heavy atom. The maximum absolute atomic E-state index is 12.1. The minimum Gasteiger partial charge on any atom is -0.493 e. The SMILES string of the molecule is CCCCCCCOc1cccc(OCC(=O)Nc2ccc(C)c(Cl)c2)c1. The molecule has 0 aromatic heterocycles. The van der Waals surface area contributed by atoms with Gasteiger partial charge in [-0.15, -0.1) is 0 Å². The second-order valence-electron chi connectivity index (χ2n) is 6.54. The smallest absolute Gasteiger partial charge is 0.262 e. The van der Waals surface area contributed by atoms with E-state index in [0.29, 0.717) is 23.1 Å². The van der Waals surface area contributed by atoms with Crippen molar-refractivity contribution in [2.75, 3.05) is 18.5 Å². The van der Waals surface area contributed by atoms with Gasteiger partial charge in [0.05, 0.1) is 6.61 Å². The molecule has 0 atom stereocenters. The summed E-state index contributed by atoms with van der Waals surface area (Å²) in [6.07, 6.45) is 6.01. The van der Waals surface area contributed by atoms with Crippen molar-refractivity contribution >= 4 is 23.2 Å². The average Bonchev–Trinajstić information content (AvgIpc) is 2.66. The van der Waals surface area contributed by atoms with Crippen molar-refractivity contribution in [2.24, 2.45) is 0 Å². The first-order valence-electron chi connectivity index (χ1n) is 9.50. The van der Waals surface area contributed by atoms with Crippen LogP contribution in [0, 0.1) is 6.92 Å². The van der Waals surface area contributed by atoms with Crippen LogP contribution < -0.4 is 14.8 Å². The van der Waals surface area contributed by atoms with Crippen molar-refractivity contribution in [3.05, 3.63) is 53.1 Å². The van der Waals surface area contributed by atoms with Gasteiger partial charge in [-0.1, -0.05) is 56.3 Å². The Balaban J connectivity index is 1.74. The molecule has 0 unspecified atom stereocenters. The number of benzene rings is 2. The maximum Gasteiger partial charge on any atom is 0.262 e. The van der Waals surface area contributed by atoms with Gasteiger partial charge in [-0.25, -0.2) is 0 Å². The summed E-state index contributed by atoms with van der Waals surface area (Å²) in [6, 6.07) is 12.8. The van der Waals surface area contributed by atoms with Gasteiger partial charge in [-0.3, -0.25) is 4.79 Å². The first-order valence-corrected chi connectivity index (χ1v) is 9.88. The van der Waals surface area contributed by atoms with Crippen LogP contribution in [0.5, 0.6) is 11.5 Å². The third kappa shape index (κ3) is 7.92. The van der Waals surface area contributed by atoms with Crippen LogP contribution in [0.4, 0.5) is 5.69 Å². The molecule has 0 spiro atoms. The van der Waals surface area contributed by atoms with Gasteiger partial charge < -0.3 is 14.8 Å². The number of halogens is 1. The second kappa shape index (κ2) is 11.5. The second-order valence-corrected chi connectivity index (χ2v) is 6.95. The quantitative estimate of drug-likeness (QED) is 0.478. The molecule has 0 fully saturated rings. The lowest BCUT2D eigenvalue weighted by Crippen LogP contribution is -2.20. The molecule has 0 heterocycles. The zero-order valence-corrected chi connectivity index (χ0v) is 16.8. The summed E-state index contributed by atoms with van der Waals surface area (Å²) >= 11 is 6.07. The van der Waals surface area contributed by atoms with Crippen molar-refractivity contribution < 1.29 is 14.3 Å². The van der Waals surface area contributed by atoms with E-state index >= 15 is 0 Å². The highest BCUT2D eigenvalue weighted by atomic mass is 35.5. The summed E-state index contributed by atoms with van der Waals surface area (Å²) in [6.45, 7) is 4.74. The van der Waals surface area contributed by atoms with Crippen molar-refractivity contribution in [1.29, 1.82) is 0 Å². The third-order valence-electron chi connectivity index (χ3n) is 4.15. The Labute approximate surface area is 166 Å². The van der Waals surface area contributed by atoms with E-state index in [-0.39, 0.29) is 12.5 Å². The largest absolute Gasteiger partial charge is 0.493 e. The van der Waals surface area contributed by atoms with Crippen LogP contribution in [-0.2, 0) is 4.79 Å². The molecule has 0 aliphatic heterocycles. The molecule has 0 aliphatic rings. The summed E-state index contributed by atoms with van der Waals surface area (Å²) in [5.41, 5.74) is 1.62. The zero-order chi connectivity index (χ0) is 19.5. The van der Waals surface area contributed by atoms with Gasteiger partial charge in [0.15, 0.2) is 6.61 Å². The number of hydrogen-bond acceptors (Lipinski definition) is 3. The Kier molecular flexibility index (Phi) is 8.99. The lowest BCUT2D eigenvalue weighted by Gasteiger charge is -2.10. The molecule has 27 heavy (non-hydrogen) atoms. The predicted octanol–water partition coefficient (Wildman–Crippen LogP) is 6.02. The van der Waals surface area contributed by atoms with Crippen LogP contribution in [0.15, 0.2) is 42.5 Å². The van der Waals surface area contributed by atoms with Gasteiger partial charge in [-0.2, -0.15) is 0 Å². The van der Waals surface area contributed by atoms with Crippen LogP contribution in [0.2, 0.25) is 5.02 Å². The van der Waals surface area contributed by atoms with Crippen LogP contribution in [-0.4, -0.2) is 19.1 Å². The fraction of sp³-hybridized carbons (Fsp3) is 0.409. The number of ether oxygens (including phenoxy) is 2. The molecule has 146 valence electrons. The lowest BCUT2D eigenvalue weighted by molar-refractivity contribution is -0.118. The Hall–Kier alpha value is -2.20. The molecule has 1 amide bonds. The normalized spacial score (nSPS) is 10.5. The standard InChI is InChI=1S/C22H28ClNO3/c1-3-4-5-6-7-13-26-19-9-8-10-20(15-19)27-16-22(25)24-18-12-11-17(2)21(23)14-18/h8-12,14-15H,3-7,13,16H2,1-2H3,(H,24,25). The van der Waals surface area contributed by atoms with E-state index < -0.39 is 0 Å². The van der Waals surface area contributed by atoms with Gasteiger partial charge in [0.2, 0.25) is 0 Å². The highest BCUT2D eigenvalue weighted by Gasteiger charge is 2.06. The average molecular weight is 390 g/mol. The van der Waals surface area contributed by atoms with E-state index in [9.17, 15) is 4.79 Å². The minimum absolute atomic E-state index is 0.0774. The zero-order valence-electron chi connectivity index (χ0n) is 16.1. The number of nitrogens with one attached hydrogen (secondary N) is 1. The van der Waals surface area contributed by atoms with E-state index in [4.69, 9.17) is 21.1 Å². The molecule has 5 heteroatoms. The molecule has 0 bridgehead atoms. The first-order chi connectivity index (χ1) is 13.1. The Morgan fingerprint density at radius 2 is 1.74 bits per heavy atom. The van der Waals surface area contributed by atoms with Gasteiger partial charge in [0.1, 0.15) is 11.5 Å². The predicted molar refractivity (Wildman–Crippen MR) is 111 cm³/mol. The summed E-state index contributed by atoms with van der Waals surface area (Å²) in [5, 5.41) is 3.39. The van der Waals surface area contributed by atoms with E-state index in [2.05, 4.69) is 12.2 Å². The summed E-state index contributed by atoms with van der Waals surface area (Å²) in [7, 11) is 0. The molecule has 4 nitrogen and oxygen atoms in total. The van der Waals surface area contributed by atoms with Gasteiger partial charge in [0, 0.05) is 16.8 Å². The highest BCUT2D eigenvalue weighted by molar-refractivity contribution is 6.31. The molecular weight excluding hydrogens is 362 g/mol. The van der Waals surface area contributed by atoms with E-state index in [1.807, 2.05) is 43.3 Å². The monoisotopic (exact) mass is 389 g/mol. The van der Waals surface area contributed by atoms with Crippen molar-refractivity contribution in [3.8, 4) is 11.5 Å². The molecule has 2 rings (SSSR count). The number of carbonyl (C=O) groups is 1. The van der Waals surface area contributed by atoms with Crippen LogP contribution in [0.25, 0.3) is 0 Å². The van der Waals surface area contributed by atoms with Crippen LogP contribution in [0.3, 0.4) is 0 Å². The van der Waals surface area contributed by atoms with Gasteiger partial charge in [-0.05, 0) is 43.2 Å². The molecule has 2 aromatic carbocycles. The maximum atomic E-state index is 12.1. The summed E-state index contributed by atoms with van der Waals surface area (Å²) in [4.78, 5) is 12.1. The van der Waals surface area contributed by atoms with Gasteiger partial charge in [0.25, 0.3) is 5.91 Å². The Morgan fingerprint density at radius 1 is 1.00 bits per heavy atom. The fourth-order valence-corrected chi connectivity index (χ4v) is 2.75. The molecule has 2 aromatic rings. The summed E-state index contributed by atoms with van der Waals surface area (Å²) in [5.74, 6) is 1.13. The number of anilines is 1. The topological polar surface area (TPSA) is 47.6 Å². The summed E-state index contributed by atoms with van der Waals surface area (Å²) < 4.78 is 11.3. The molecular formula is C22H28ClNO3. The Bertz CT molecular complexity index is 733. The number of amides is 1. The molecule has 0 saturated heterocycles. The van der Waals surface area contributed by atoms with Crippen LogP contribution in [0.1, 0.15) is 44.6 Å². The van der Waals surface area contributed by atoms with E-state index in [1.165, 1.54) is 25.7 Å². The molecule has 0 saturated carbocycles. The number of carbonyl (C=O) groups excluding carboxylic acids is 1. The molecule has 1 N–H and O–H groups in total. The lowest BCUT2D eigenvalue weighted by atomic mass is 10.2. The van der Waals surface area contributed by atoms with Crippen LogP contribution >= 0.6 is 11.6 Å². The van der Waals surface area contributed by atoms with Gasteiger partial charge >= 0.3 is 0 Å². The fourth-order valence-electron chi connectivity index (χ4n) is 2.57. The molecule has 0 radical (unpaired) electrons. The minimum atomic E-state index is -0.239. The third-order valence-corrected chi connectivity index (χ3v) is 4.55. The molecule has 0 aliphatic carbocycles. The van der Waals surface area contributed by atoms with Crippen molar-refractivity contribution in [3.63, 3.8) is 0 Å². The van der Waals surface area contributed by atoms with E-state index in [1.54, 1.807) is 6.07 Å². The number of unbranched alkanes of at least 4 members (excludes halogenated alkanes) is 4.